The van der Waals surface area contributed by atoms with Gasteiger partial charge in [-0.25, -0.2) is 0 Å². The van der Waals surface area contributed by atoms with Crippen LogP contribution in [0, 0.1) is 5.92 Å². The number of nitrogens with zero attached hydrogens (tertiary/aromatic N) is 1. The first-order valence-corrected chi connectivity index (χ1v) is 6.16. The quantitative estimate of drug-likeness (QED) is 0.670. The topological polar surface area (TPSA) is 63.4 Å². The van der Waals surface area contributed by atoms with Gasteiger partial charge in [0, 0.05) is 22.5 Å². The number of carbonyl (C=O) groups excluding carboxylic acids is 2. The van der Waals surface area contributed by atoms with Crippen molar-refractivity contribution in [3.05, 3.63) is 28.2 Å². The van der Waals surface area contributed by atoms with Gasteiger partial charge >= 0.3 is 0 Å². The summed E-state index contributed by atoms with van der Waals surface area (Å²) in [5, 5.41) is 0. The lowest BCUT2D eigenvalue weighted by Crippen LogP contribution is -2.29. The zero-order chi connectivity index (χ0) is 12.6. The van der Waals surface area contributed by atoms with Gasteiger partial charge in [0.1, 0.15) is 0 Å². The summed E-state index contributed by atoms with van der Waals surface area (Å²) < 4.78 is 0.817. The summed E-state index contributed by atoms with van der Waals surface area (Å²) in [6.07, 6.45) is 0.311. The number of anilines is 1. The molecule has 4 nitrogen and oxygen atoms in total. The number of halogens is 1. The fourth-order valence-corrected chi connectivity index (χ4v) is 2.40. The highest BCUT2D eigenvalue weighted by Gasteiger charge is 2.35. The molecule has 2 amide bonds. The number of benzene rings is 1. The van der Waals surface area contributed by atoms with Crippen LogP contribution >= 0.6 is 15.9 Å². The number of hydrogen-bond donors (Lipinski definition) is 1. The van der Waals surface area contributed by atoms with E-state index in [0.717, 1.165) is 10.0 Å². The van der Waals surface area contributed by atoms with Crippen LogP contribution in [0.25, 0.3) is 0 Å². The maximum atomic E-state index is 11.8. The molecule has 1 aliphatic heterocycles. The predicted octanol–water partition coefficient (Wildman–Crippen LogP) is 1.93. The van der Waals surface area contributed by atoms with Gasteiger partial charge in [-0.3, -0.25) is 14.5 Å². The van der Waals surface area contributed by atoms with Crippen molar-refractivity contribution < 1.29 is 9.59 Å². The summed E-state index contributed by atoms with van der Waals surface area (Å²) in [5.74, 6) is -0.403. The molecule has 1 heterocycles. The summed E-state index contributed by atoms with van der Waals surface area (Å²) >= 11 is 3.38. The third kappa shape index (κ3) is 2.34. The molecule has 1 unspecified atom stereocenters. The normalized spacial score (nSPS) is 20.1. The zero-order valence-electron chi connectivity index (χ0n) is 9.44. The highest BCUT2D eigenvalue weighted by atomic mass is 79.9. The second-order valence-electron chi connectivity index (χ2n) is 4.27. The van der Waals surface area contributed by atoms with Crippen LogP contribution in [0.2, 0.25) is 0 Å². The Kier molecular flexibility index (Phi) is 3.19. The Morgan fingerprint density at radius 3 is 2.71 bits per heavy atom. The first kappa shape index (κ1) is 12.1. The molecule has 2 N–H and O–H groups in total. The molecule has 0 spiro atoms. The zero-order valence-corrected chi connectivity index (χ0v) is 11.0. The Morgan fingerprint density at radius 2 is 2.18 bits per heavy atom. The summed E-state index contributed by atoms with van der Waals surface area (Å²) in [6.45, 7) is 2.08. The van der Waals surface area contributed by atoms with E-state index in [4.69, 9.17) is 5.73 Å². The van der Waals surface area contributed by atoms with E-state index in [0.29, 0.717) is 18.7 Å². The average Bonchev–Trinajstić information content (AvgIpc) is 2.48. The minimum Gasteiger partial charge on any atom is -0.399 e. The van der Waals surface area contributed by atoms with Crippen LogP contribution in [0.1, 0.15) is 18.9 Å². The number of rotatable bonds is 2. The number of likely N-dealkylation sites (tertiary alicyclic amines) is 1. The van der Waals surface area contributed by atoms with Crippen LogP contribution in [0.5, 0.6) is 0 Å². The summed E-state index contributed by atoms with van der Waals surface area (Å²) in [6, 6.07) is 5.35. The standard InChI is InChI=1S/C12H13BrN2O2/c1-7-4-11(16)15(12(7)17)6-8-2-3-9(14)5-10(8)13/h2-3,5,7H,4,6,14H2,1H3. The Bertz CT molecular complexity index is 487. The van der Waals surface area contributed by atoms with E-state index in [2.05, 4.69) is 15.9 Å². The molecule has 0 aromatic heterocycles. The molecule has 90 valence electrons. The molecule has 1 aromatic carbocycles. The third-order valence-corrected chi connectivity index (χ3v) is 3.61. The van der Waals surface area contributed by atoms with E-state index >= 15 is 0 Å². The van der Waals surface area contributed by atoms with Gasteiger partial charge in [0.05, 0.1) is 6.54 Å². The second-order valence-corrected chi connectivity index (χ2v) is 5.13. The predicted molar refractivity (Wildman–Crippen MR) is 67.9 cm³/mol. The SMILES string of the molecule is CC1CC(=O)N(Cc2ccc(N)cc2Br)C1=O. The first-order chi connectivity index (χ1) is 7.99. The Balaban J connectivity index is 2.21. The van der Waals surface area contributed by atoms with Gasteiger partial charge < -0.3 is 5.73 Å². The number of nitrogens with two attached hydrogens (primary N) is 1. The maximum absolute atomic E-state index is 11.8. The molecule has 2 rings (SSSR count). The molecule has 1 aliphatic rings. The van der Waals surface area contributed by atoms with Crippen LogP contribution in [0.4, 0.5) is 5.69 Å². The molecular weight excluding hydrogens is 284 g/mol. The molecule has 1 atom stereocenters. The first-order valence-electron chi connectivity index (χ1n) is 5.37. The summed E-state index contributed by atoms with van der Waals surface area (Å²) in [4.78, 5) is 24.7. The van der Waals surface area contributed by atoms with Crippen LogP contribution in [0.15, 0.2) is 22.7 Å². The van der Waals surface area contributed by atoms with Crippen molar-refractivity contribution in [1.29, 1.82) is 0 Å². The number of nitrogen functional groups attached to an aromatic ring is 1. The third-order valence-electron chi connectivity index (χ3n) is 2.88. The maximum Gasteiger partial charge on any atom is 0.232 e. The highest BCUT2D eigenvalue weighted by Crippen LogP contribution is 2.25. The second kappa shape index (κ2) is 4.49. The average molecular weight is 297 g/mol. The smallest absolute Gasteiger partial charge is 0.232 e. The van der Waals surface area contributed by atoms with Crippen molar-refractivity contribution >= 4 is 33.4 Å². The molecule has 1 fully saturated rings. The van der Waals surface area contributed by atoms with Gasteiger partial charge in [-0.1, -0.05) is 28.9 Å². The van der Waals surface area contributed by atoms with E-state index in [1.54, 1.807) is 19.1 Å². The Labute approximate surface area is 108 Å². The van der Waals surface area contributed by atoms with Crippen molar-refractivity contribution in [3.63, 3.8) is 0 Å². The van der Waals surface area contributed by atoms with E-state index < -0.39 is 0 Å². The fourth-order valence-electron chi connectivity index (χ4n) is 1.88. The minimum absolute atomic E-state index is 0.0984. The van der Waals surface area contributed by atoms with Crippen LogP contribution in [0.3, 0.4) is 0 Å². The lowest BCUT2D eigenvalue weighted by Gasteiger charge is -2.15. The van der Waals surface area contributed by atoms with Crippen LogP contribution < -0.4 is 5.73 Å². The highest BCUT2D eigenvalue weighted by molar-refractivity contribution is 9.10. The van der Waals surface area contributed by atoms with E-state index in [-0.39, 0.29) is 17.7 Å². The molecule has 17 heavy (non-hydrogen) atoms. The van der Waals surface area contributed by atoms with E-state index in [1.807, 2.05) is 6.07 Å². The van der Waals surface area contributed by atoms with Crippen LogP contribution in [-0.4, -0.2) is 16.7 Å². The molecule has 0 radical (unpaired) electrons. The van der Waals surface area contributed by atoms with Crippen molar-refractivity contribution in [3.8, 4) is 0 Å². The lowest BCUT2D eigenvalue weighted by atomic mass is 10.1. The largest absolute Gasteiger partial charge is 0.399 e. The fraction of sp³-hybridized carbons (Fsp3) is 0.333. The minimum atomic E-state index is -0.199. The van der Waals surface area contributed by atoms with E-state index in [1.165, 1.54) is 4.90 Å². The number of amides is 2. The molecule has 1 aromatic rings. The van der Waals surface area contributed by atoms with Crippen LogP contribution in [-0.2, 0) is 16.1 Å². The molecule has 0 bridgehead atoms. The molecule has 1 saturated heterocycles. The molecule has 0 saturated carbocycles. The summed E-state index contributed by atoms with van der Waals surface area (Å²) in [7, 11) is 0. The van der Waals surface area contributed by atoms with Gasteiger partial charge in [0.2, 0.25) is 11.8 Å². The van der Waals surface area contributed by atoms with Gasteiger partial charge in [-0.15, -0.1) is 0 Å². The Hall–Kier alpha value is -1.36. The molecule has 5 heteroatoms. The van der Waals surface area contributed by atoms with E-state index in [9.17, 15) is 9.59 Å². The van der Waals surface area contributed by atoms with Gasteiger partial charge in [-0.05, 0) is 17.7 Å². The number of imide groups is 1. The molecular formula is C12H13BrN2O2. The molecule has 0 aliphatic carbocycles. The summed E-state index contributed by atoms with van der Waals surface area (Å²) in [5.41, 5.74) is 7.17. The van der Waals surface area contributed by atoms with Crippen molar-refractivity contribution in [2.75, 3.05) is 5.73 Å². The van der Waals surface area contributed by atoms with Gasteiger partial charge in [-0.2, -0.15) is 0 Å². The Morgan fingerprint density at radius 1 is 1.47 bits per heavy atom. The number of carbonyl (C=O) groups is 2. The lowest BCUT2D eigenvalue weighted by molar-refractivity contribution is -0.139. The van der Waals surface area contributed by atoms with Crippen molar-refractivity contribution in [2.45, 2.75) is 19.9 Å². The monoisotopic (exact) mass is 296 g/mol. The number of hydrogen-bond acceptors (Lipinski definition) is 3. The van der Waals surface area contributed by atoms with Gasteiger partial charge in [0.25, 0.3) is 0 Å². The van der Waals surface area contributed by atoms with Gasteiger partial charge in [0.15, 0.2) is 0 Å². The van der Waals surface area contributed by atoms with Crippen molar-refractivity contribution in [1.82, 2.24) is 4.90 Å². The van der Waals surface area contributed by atoms with Crippen molar-refractivity contribution in [2.24, 2.45) is 5.92 Å².